The van der Waals surface area contributed by atoms with E-state index in [9.17, 15) is 31.2 Å². The van der Waals surface area contributed by atoms with Crippen LogP contribution in [0.15, 0.2) is 35.1 Å². The number of anilines is 1. The van der Waals surface area contributed by atoms with Crippen molar-refractivity contribution in [1.82, 2.24) is 15.8 Å². The second-order valence-electron chi connectivity index (χ2n) is 7.70. The van der Waals surface area contributed by atoms with Crippen LogP contribution in [0, 0.1) is 12.3 Å². The van der Waals surface area contributed by atoms with Gasteiger partial charge in [0.15, 0.2) is 0 Å². The summed E-state index contributed by atoms with van der Waals surface area (Å²) in [5, 5.41) is 17.1. The highest BCUT2D eigenvalue weighted by molar-refractivity contribution is 7.92. The van der Waals surface area contributed by atoms with Gasteiger partial charge >= 0.3 is 12.1 Å². The van der Waals surface area contributed by atoms with Crippen LogP contribution < -0.4 is 26.4 Å². The summed E-state index contributed by atoms with van der Waals surface area (Å²) < 4.78 is 58.5. The van der Waals surface area contributed by atoms with Crippen molar-refractivity contribution >= 4 is 45.1 Å². The van der Waals surface area contributed by atoms with Gasteiger partial charge in [0.2, 0.25) is 21.9 Å². The van der Waals surface area contributed by atoms with E-state index < -0.39 is 33.6 Å². The van der Waals surface area contributed by atoms with Crippen molar-refractivity contribution in [3.8, 4) is 0 Å². The number of amides is 1. The van der Waals surface area contributed by atoms with Crippen molar-refractivity contribution in [2.45, 2.75) is 25.3 Å². The van der Waals surface area contributed by atoms with E-state index in [1.807, 2.05) is 0 Å². The van der Waals surface area contributed by atoms with Crippen molar-refractivity contribution in [2.24, 2.45) is 5.73 Å². The molecule has 18 heteroatoms. The number of carboxylic acid groups (broad SMARTS) is 1. The molecule has 7 N–H and O–H groups in total. The number of carbonyl (C=O) groups excluding carboxylic acids is 1. The van der Waals surface area contributed by atoms with Crippen molar-refractivity contribution in [3.63, 3.8) is 0 Å². The third-order valence-corrected chi connectivity index (χ3v) is 6.44. The number of benzene rings is 1. The van der Waals surface area contributed by atoms with E-state index >= 15 is 0 Å². The smallest absolute Gasteiger partial charge is 0.475 e. The number of sulfonamides is 1. The largest absolute Gasteiger partial charge is 0.490 e. The maximum Gasteiger partial charge on any atom is 0.490 e. The standard InChI is InChI=1S/C19H25ClN6O5S.C2HF3O2/c1-12-8-14(10-16(27)23-6-7-31-25-19(21)22)17(18(28)24-12)26(2)32(29,30)11-13-4-3-5-15(20)9-13;3-2(4,5)1(6)7/h3-5,8-9H,6-7,10-11H2,1-2H3,(H,23,27)(H,24,28)(H4,21,22,25);(H,6,7). The molecule has 0 radical (unpaired) electrons. The summed E-state index contributed by atoms with van der Waals surface area (Å²) >= 11 is 5.93. The fourth-order valence-corrected chi connectivity index (χ4v) is 4.39. The molecule has 1 aromatic carbocycles. The zero-order chi connectivity index (χ0) is 30.0. The first-order valence-corrected chi connectivity index (χ1v) is 12.6. The third kappa shape index (κ3) is 11.6. The first-order valence-electron chi connectivity index (χ1n) is 10.7. The lowest BCUT2D eigenvalue weighted by molar-refractivity contribution is -0.192. The average Bonchev–Trinajstić information content (AvgIpc) is 2.77. The number of alkyl halides is 3. The number of pyridine rings is 1. The zero-order valence-corrected chi connectivity index (χ0v) is 22.1. The number of nitrogens with two attached hydrogens (primary N) is 1. The topological polar surface area (TPSA) is 208 Å². The molecule has 2 rings (SSSR count). The van der Waals surface area contributed by atoms with E-state index in [1.54, 1.807) is 31.2 Å². The lowest BCUT2D eigenvalue weighted by Crippen LogP contribution is -2.36. The molecule has 0 saturated carbocycles. The number of aromatic nitrogens is 1. The van der Waals surface area contributed by atoms with E-state index in [0.717, 1.165) is 4.31 Å². The molecule has 0 unspecified atom stereocenters. The number of hydroxylamine groups is 1. The second-order valence-corrected chi connectivity index (χ2v) is 10.1. The van der Waals surface area contributed by atoms with Crippen LogP contribution in [0.4, 0.5) is 18.9 Å². The molecule has 0 bridgehead atoms. The first-order chi connectivity index (χ1) is 17.9. The Labute approximate surface area is 225 Å². The molecule has 2 aromatic rings. The molecule has 0 aliphatic heterocycles. The summed E-state index contributed by atoms with van der Waals surface area (Å²) in [5.41, 5.74) is 7.64. The van der Waals surface area contributed by atoms with E-state index in [0.29, 0.717) is 16.3 Å². The van der Waals surface area contributed by atoms with Gasteiger partial charge in [0.1, 0.15) is 5.69 Å². The van der Waals surface area contributed by atoms with Crippen LogP contribution in [-0.4, -0.2) is 62.7 Å². The molecule has 0 aliphatic rings. The number of halogens is 4. The quantitative estimate of drug-likeness (QED) is 0.0996. The molecule has 216 valence electrons. The van der Waals surface area contributed by atoms with Gasteiger partial charge in [-0.05, 0) is 36.2 Å². The number of hydrogen-bond acceptors (Lipinski definition) is 7. The molecular weight excluding hydrogens is 573 g/mol. The molecule has 13 nitrogen and oxygen atoms in total. The molecule has 0 aliphatic carbocycles. The highest BCUT2D eigenvalue weighted by Gasteiger charge is 2.38. The summed E-state index contributed by atoms with van der Waals surface area (Å²) in [6, 6.07) is 7.97. The van der Waals surface area contributed by atoms with Gasteiger partial charge in [0.25, 0.3) is 5.56 Å². The summed E-state index contributed by atoms with van der Waals surface area (Å²) in [6.07, 6.45) is -5.31. The number of aryl methyl sites for hydroxylation is 1. The van der Waals surface area contributed by atoms with Crippen LogP contribution in [-0.2, 0) is 36.6 Å². The van der Waals surface area contributed by atoms with Gasteiger partial charge in [-0.25, -0.2) is 18.7 Å². The number of rotatable bonds is 10. The number of aromatic amines is 1. The van der Waals surface area contributed by atoms with Crippen molar-refractivity contribution in [1.29, 1.82) is 5.41 Å². The Morgan fingerprint density at radius 2 is 1.90 bits per heavy atom. The van der Waals surface area contributed by atoms with E-state index in [2.05, 4.69) is 15.8 Å². The Morgan fingerprint density at radius 3 is 2.44 bits per heavy atom. The van der Waals surface area contributed by atoms with Gasteiger partial charge in [-0.1, -0.05) is 23.7 Å². The van der Waals surface area contributed by atoms with Gasteiger partial charge in [-0.2, -0.15) is 13.2 Å². The second kappa shape index (κ2) is 14.4. The average molecular weight is 599 g/mol. The number of nitrogens with zero attached hydrogens (tertiary/aromatic N) is 1. The molecule has 0 spiro atoms. The fourth-order valence-electron chi connectivity index (χ4n) is 2.91. The highest BCUT2D eigenvalue weighted by atomic mass is 35.5. The lowest BCUT2D eigenvalue weighted by Gasteiger charge is -2.22. The Balaban J connectivity index is 0.000000956. The molecule has 0 saturated heterocycles. The molecule has 0 fully saturated rings. The van der Waals surface area contributed by atoms with Crippen LogP contribution in [0.3, 0.4) is 0 Å². The Hall–Kier alpha value is -3.83. The SMILES string of the molecule is Cc1cc(CC(=O)NCCONC(=N)N)c(N(C)S(=O)(=O)Cc2cccc(Cl)c2)c(=O)[nH]1.O=C(O)C(F)(F)F. The monoisotopic (exact) mass is 598 g/mol. The van der Waals surface area contributed by atoms with Crippen molar-refractivity contribution in [2.75, 3.05) is 24.5 Å². The van der Waals surface area contributed by atoms with Gasteiger partial charge in [0, 0.05) is 24.3 Å². The molecule has 1 aromatic heterocycles. The van der Waals surface area contributed by atoms with Gasteiger partial charge in [-0.15, -0.1) is 0 Å². The number of H-pyrrole nitrogens is 1. The van der Waals surface area contributed by atoms with E-state index in [-0.39, 0.29) is 42.5 Å². The minimum Gasteiger partial charge on any atom is -0.475 e. The van der Waals surface area contributed by atoms with E-state index in [1.165, 1.54) is 13.1 Å². The van der Waals surface area contributed by atoms with Gasteiger partial charge in [-0.3, -0.25) is 24.1 Å². The van der Waals surface area contributed by atoms with Gasteiger partial charge < -0.3 is 21.1 Å². The lowest BCUT2D eigenvalue weighted by atomic mass is 10.1. The zero-order valence-electron chi connectivity index (χ0n) is 20.6. The van der Waals surface area contributed by atoms with Crippen LogP contribution >= 0.6 is 11.6 Å². The van der Waals surface area contributed by atoms with Crippen LogP contribution in [0.5, 0.6) is 0 Å². The summed E-state index contributed by atoms with van der Waals surface area (Å²) in [7, 11) is -2.68. The summed E-state index contributed by atoms with van der Waals surface area (Å²) in [4.78, 5) is 41.3. The van der Waals surface area contributed by atoms with Crippen molar-refractivity contribution in [3.05, 3.63) is 62.5 Å². The Morgan fingerprint density at radius 1 is 1.28 bits per heavy atom. The summed E-state index contributed by atoms with van der Waals surface area (Å²) in [6.45, 7) is 1.79. The number of guanidine groups is 1. The molecule has 39 heavy (non-hydrogen) atoms. The number of hydrogen-bond donors (Lipinski definition) is 6. The van der Waals surface area contributed by atoms with Crippen LogP contribution in [0.2, 0.25) is 5.02 Å². The normalized spacial score (nSPS) is 11.1. The minimum absolute atomic E-state index is 0.0422. The number of carboxylic acids is 1. The fraction of sp³-hybridized carbons (Fsp3) is 0.333. The van der Waals surface area contributed by atoms with Crippen LogP contribution in [0.25, 0.3) is 0 Å². The maximum absolute atomic E-state index is 13.0. The number of carbonyl (C=O) groups is 2. The third-order valence-electron chi connectivity index (χ3n) is 4.49. The highest BCUT2D eigenvalue weighted by Crippen LogP contribution is 2.22. The predicted molar refractivity (Wildman–Crippen MR) is 136 cm³/mol. The first kappa shape index (κ1) is 33.2. The Kier molecular flexibility index (Phi) is 12.2. The predicted octanol–water partition coefficient (Wildman–Crippen LogP) is 1.01. The number of nitrogens with one attached hydrogen (secondary N) is 4. The summed E-state index contributed by atoms with van der Waals surface area (Å²) in [5.74, 6) is -3.94. The molecular formula is C21H26ClF3N6O7S. The molecule has 1 amide bonds. The minimum atomic E-state index is -5.08. The maximum atomic E-state index is 13.0. The molecule has 0 atom stereocenters. The van der Waals surface area contributed by atoms with Crippen LogP contribution in [0.1, 0.15) is 16.8 Å². The van der Waals surface area contributed by atoms with E-state index in [4.69, 9.17) is 37.5 Å². The van der Waals surface area contributed by atoms with Gasteiger partial charge in [0.05, 0.1) is 18.8 Å². The Bertz CT molecular complexity index is 1350. The molecule has 1 heterocycles. The van der Waals surface area contributed by atoms with Crippen molar-refractivity contribution < 1.29 is 41.1 Å². The number of aliphatic carboxylic acids is 1.